The van der Waals surface area contributed by atoms with Gasteiger partial charge in [-0.15, -0.1) is 0 Å². The van der Waals surface area contributed by atoms with Crippen molar-refractivity contribution < 1.29 is 4.79 Å². The minimum absolute atomic E-state index is 0.328. The third-order valence-corrected chi connectivity index (χ3v) is 4.91. The Labute approximate surface area is 99.3 Å². The number of hydrogen-bond acceptors (Lipinski definition) is 1. The van der Waals surface area contributed by atoms with Crippen LogP contribution in [0, 0.1) is 29.6 Å². The summed E-state index contributed by atoms with van der Waals surface area (Å²) in [5, 5.41) is 0. The zero-order valence-corrected chi connectivity index (χ0v) is 10.8. The van der Waals surface area contributed by atoms with Crippen molar-refractivity contribution in [2.45, 2.75) is 46.5 Å². The van der Waals surface area contributed by atoms with Crippen molar-refractivity contribution in [3.8, 4) is 0 Å². The van der Waals surface area contributed by atoms with Crippen LogP contribution in [-0.2, 0) is 4.79 Å². The fraction of sp³-hybridized carbons (Fsp3) is 0.800. The minimum Gasteiger partial charge on any atom is -0.300 e. The second-order valence-electron chi connectivity index (χ2n) is 6.08. The average Bonchev–Trinajstić information content (AvgIpc) is 2.62. The first kappa shape index (κ1) is 11.9. The summed E-state index contributed by atoms with van der Waals surface area (Å²) in [5.41, 5.74) is 1.42. The third kappa shape index (κ3) is 1.85. The van der Waals surface area contributed by atoms with Gasteiger partial charge in [0.05, 0.1) is 0 Å². The van der Waals surface area contributed by atoms with Gasteiger partial charge in [0, 0.05) is 5.92 Å². The highest BCUT2D eigenvalue weighted by Crippen LogP contribution is 2.52. The molecule has 0 aromatic rings. The minimum atomic E-state index is 0.328. The van der Waals surface area contributed by atoms with Gasteiger partial charge in [0.1, 0.15) is 5.78 Å². The van der Waals surface area contributed by atoms with E-state index >= 15 is 0 Å². The number of Topliss-reactive ketones (excluding diaryl/α,β-unsaturated/α-hetero) is 1. The Morgan fingerprint density at radius 2 is 2.00 bits per heavy atom. The molecule has 0 N–H and O–H groups in total. The smallest absolute Gasteiger partial charge is 0.133 e. The fourth-order valence-electron chi connectivity index (χ4n) is 4.08. The van der Waals surface area contributed by atoms with E-state index in [0.717, 1.165) is 12.3 Å². The summed E-state index contributed by atoms with van der Waals surface area (Å²) in [4.78, 5) is 11.7. The van der Waals surface area contributed by atoms with Crippen LogP contribution in [-0.4, -0.2) is 5.78 Å². The molecule has 0 aromatic heterocycles. The van der Waals surface area contributed by atoms with Crippen molar-refractivity contribution in [3.63, 3.8) is 0 Å². The van der Waals surface area contributed by atoms with Crippen molar-refractivity contribution in [2.75, 3.05) is 0 Å². The van der Waals surface area contributed by atoms with E-state index in [-0.39, 0.29) is 0 Å². The number of rotatable bonds is 2. The number of ketones is 1. The van der Waals surface area contributed by atoms with E-state index in [0.29, 0.717) is 29.5 Å². The molecule has 0 aromatic carbocycles. The van der Waals surface area contributed by atoms with Crippen molar-refractivity contribution in [1.82, 2.24) is 0 Å². The lowest BCUT2D eigenvalue weighted by Gasteiger charge is -2.40. The molecular formula is C15H24O. The first-order chi connectivity index (χ1) is 7.52. The molecule has 2 aliphatic rings. The number of fused-ring (bicyclic) bond motifs is 1. The maximum absolute atomic E-state index is 11.7. The molecular weight excluding hydrogens is 196 g/mol. The predicted molar refractivity (Wildman–Crippen MR) is 67.1 cm³/mol. The summed E-state index contributed by atoms with van der Waals surface area (Å²) >= 11 is 0. The van der Waals surface area contributed by atoms with Gasteiger partial charge in [-0.25, -0.2) is 0 Å². The number of hydrogen-bond donors (Lipinski definition) is 0. The van der Waals surface area contributed by atoms with Crippen LogP contribution in [0.15, 0.2) is 12.2 Å². The van der Waals surface area contributed by atoms with E-state index < -0.39 is 0 Å². The van der Waals surface area contributed by atoms with Crippen molar-refractivity contribution in [1.29, 1.82) is 0 Å². The van der Waals surface area contributed by atoms with Crippen LogP contribution in [0.4, 0.5) is 0 Å². The summed E-state index contributed by atoms with van der Waals surface area (Å²) in [6, 6.07) is 0. The summed E-state index contributed by atoms with van der Waals surface area (Å²) < 4.78 is 0. The highest BCUT2D eigenvalue weighted by Gasteiger charge is 2.46. The van der Waals surface area contributed by atoms with Crippen molar-refractivity contribution >= 4 is 5.78 Å². The molecule has 3 unspecified atom stereocenters. The van der Waals surface area contributed by atoms with Crippen LogP contribution in [0.1, 0.15) is 46.5 Å². The Morgan fingerprint density at radius 1 is 1.31 bits per heavy atom. The molecule has 0 amide bonds. The van der Waals surface area contributed by atoms with Gasteiger partial charge >= 0.3 is 0 Å². The molecule has 0 saturated heterocycles. The van der Waals surface area contributed by atoms with E-state index in [2.05, 4.69) is 20.4 Å². The summed E-state index contributed by atoms with van der Waals surface area (Å²) in [7, 11) is 0. The first-order valence-electron chi connectivity index (χ1n) is 6.70. The Kier molecular flexibility index (Phi) is 3.23. The number of carbonyl (C=O) groups excluding carboxylic acids is 1. The topological polar surface area (TPSA) is 17.1 Å². The van der Waals surface area contributed by atoms with E-state index in [1.165, 1.54) is 24.8 Å². The predicted octanol–water partition coefficient (Wildman–Crippen LogP) is 3.84. The Hall–Kier alpha value is -0.590. The number of carbonyl (C=O) groups is 1. The van der Waals surface area contributed by atoms with E-state index in [1.807, 2.05) is 0 Å². The van der Waals surface area contributed by atoms with Gasteiger partial charge in [-0.3, -0.25) is 4.79 Å². The zero-order valence-electron chi connectivity index (χ0n) is 10.8. The Morgan fingerprint density at radius 3 is 2.56 bits per heavy atom. The van der Waals surface area contributed by atoms with Crippen LogP contribution in [0.2, 0.25) is 0 Å². The molecule has 1 heteroatoms. The highest BCUT2D eigenvalue weighted by molar-refractivity contribution is 5.79. The quantitative estimate of drug-likeness (QED) is 0.646. The van der Waals surface area contributed by atoms with Crippen LogP contribution in [0.5, 0.6) is 0 Å². The van der Waals surface area contributed by atoms with E-state index in [4.69, 9.17) is 0 Å². The van der Waals surface area contributed by atoms with Gasteiger partial charge in [0.2, 0.25) is 0 Å². The normalized spacial score (nSPS) is 38.9. The summed E-state index contributed by atoms with van der Waals surface area (Å²) in [6.07, 6.45) is 4.75. The van der Waals surface area contributed by atoms with Crippen LogP contribution in [0.25, 0.3) is 0 Å². The van der Waals surface area contributed by atoms with Gasteiger partial charge < -0.3 is 0 Å². The molecule has 0 spiro atoms. The standard InChI is InChI=1S/C15H24O/c1-9(2)12-6-5-10(3)13-7-8-14(11(4)16)15(12)13/h9,12-15H,3,5-8H2,1-2,4H3/t12?,13?,14-,15?/m0/s1. The second-order valence-corrected chi connectivity index (χ2v) is 6.08. The van der Waals surface area contributed by atoms with Crippen LogP contribution >= 0.6 is 0 Å². The lowest BCUT2D eigenvalue weighted by atomic mass is 9.64. The number of allylic oxidation sites excluding steroid dienone is 1. The molecule has 0 bridgehead atoms. The summed E-state index contributed by atoms with van der Waals surface area (Å²) in [6.45, 7) is 10.6. The monoisotopic (exact) mass is 220 g/mol. The molecule has 4 atom stereocenters. The average molecular weight is 220 g/mol. The lowest BCUT2D eigenvalue weighted by molar-refractivity contribution is -0.123. The Balaban J connectivity index is 2.25. The molecule has 2 fully saturated rings. The van der Waals surface area contributed by atoms with Crippen molar-refractivity contribution in [3.05, 3.63) is 12.2 Å². The molecule has 0 aliphatic heterocycles. The van der Waals surface area contributed by atoms with Gasteiger partial charge in [0.15, 0.2) is 0 Å². The highest BCUT2D eigenvalue weighted by atomic mass is 16.1. The lowest BCUT2D eigenvalue weighted by Crippen LogP contribution is -2.35. The third-order valence-electron chi connectivity index (χ3n) is 4.91. The van der Waals surface area contributed by atoms with Gasteiger partial charge in [-0.1, -0.05) is 26.0 Å². The first-order valence-corrected chi connectivity index (χ1v) is 6.70. The SMILES string of the molecule is C=C1CCC(C(C)C)C2C1CC[C@H]2C(C)=O. The maximum atomic E-state index is 11.7. The van der Waals surface area contributed by atoms with E-state index in [9.17, 15) is 4.79 Å². The largest absolute Gasteiger partial charge is 0.300 e. The molecule has 90 valence electrons. The van der Waals surface area contributed by atoms with E-state index in [1.54, 1.807) is 6.92 Å². The fourth-order valence-corrected chi connectivity index (χ4v) is 4.08. The molecule has 0 radical (unpaired) electrons. The van der Waals surface area contributed by atoms with Crippen LogP contribution in [0.3, 0.4) is 0 Å². The van der Waals surface area contributed by atoms with Gasteiger partial charge in [-0.2, -0.15) is 0 Å². The molecule has 16 heavy (non-hydrogen) atoms. The molecule has 1 nitrogen and oxygen atoms in total. The Bertz CT molecular complexity index is 297. The maximum Gasteiger partial charge on any atom is 0.133 e. The molecule has 2 aliphatic carbocycles. The molecule has 0 heterocycles. The molecule has 2 saturated carbocycles. The molecule has 2 rings (SSSR count). The van der Waals surface area contributed by atoms with Crippen LogP contribution < -0.4 is 0 Å². The van der Waals surface area contributed by atoms with Gasteiger partial charge in [0.25, 0.3) is 0 Å². The zero-order chi connectivity index (χ0) is 11.9. The second kappa shape index (κ2) is 4.35. The van der Waals surface area contributed by atoms with Crippen molar-refractivity contribution in [2.24, 2.45) is 29.6 Å². The summed E-state index contributed by atoms with van der Waals surface area (Å²) in [5.74, 6) is 3.45. The van der Waals surface area contributed by atoms with Gasteiger partial charge in [-0.05, 0) is 56.3 Å².